The first-order valence-corrected chi connectivity index (χ1v) is 6.78. The molecule has 0 radical (unpaired) electrons. The molecule has 0 fully saturated rings. The van der Waals surface area contributed by atoms with E-state index in [4.69, 9.17) is 21.1 Å². The summed E-state index contributed by atoms with van der Waals surface area (Å²) in [6.45, 7) is 2.18. The highest BCUT2D eigenvalue weighted by atomic mass is 35.5. The van der Waals surface area contributed by atoms with Crippen molar-refractivity contribution in [2.75, 3.05) is 6.61 Å². The molecule has 0 heterocycles. The average molecular weight is 322 g/mol. The van der Waals surface area contributed by atoms with Crippen molar-refractivity contribution in [3.63, 3.8) is 0 Å². The third-order valence-electron chi connectivity index (χ3n) is 2.72. The van der Waals surface area contributed by atoms with Gasteiger partial charge in [-0.15, -0.1) is 0 Å². The first-order chi connectivity index (χ1) is 10.5. The molecule has 0 spiro atoms. The minimum atomic E-state index is -0.653. The fraction of sp³-hybridized carbons (Fsp3) is 0.133. The SMILES string of the molecule is CCOc1ccc(Cl)cc1C(=O)Oc1ccc([N+](=O)[O-])cc1. The summed E-state index contributed by atoms with van der Waals surface area (Å²) in [5, 5.41) is 11.0. The van der Waals surface area contributed by atoms with Crippen molar-refractivity contribution in [1.29, 1.82) is 0 Å². The lowest BCUT2D eigenvalue weighted by molar-refractivity contribution is -0.384. The number of benzene rings is 2. The summed E-state index contributed by atoms with van der Waals surface area (Å²) >= 11 is 5.88. The number of non-ortho nitro benzene ring substituents is 1. The number of nitro benzene ring substituents is 1. The Kier molecular flexibility index (Phi) is 4.95. The van der Waals surface area contributed by atoms with E-state index >= 15 is 0 Å². The largest absolute Gasteiger partial charge is 0.493 e. The van der Waals surface area contributed by atoms with Crippen molar-refractivity contribution in [2.24, 2.45) is 0 Å². The van der Waals surface area contributed by atoms with Gasteiger partial charge in [0.25, 0.3) is 5.69 Å². The van der Waals surface area contributed by atoms with Crippen molar-refractivity contribution in [3.8, 4) is 11.5 Å². The summed E-state index contributed by atoms with van der Waals surface area (Å²) in [5.74, 6) is -0.100. The maximum atomic E-state index is 12.2. The van der Waals surface area contributed by atoms with Crippen LogP contribution in [-0.2, 0) is 0 Å². The Hall–Kier alpha value is -2.60. The highest BCUT2D eigenvalue weighted by molar-refractivity contribution is 6.31. The minimum Gasteiger partial charge on any atom is -0.493 e. The third kappa shape index (κ3) is 3.73. The van der Waals surface area contributed by atoms with Gasteiger partial charge < -0.3 is 9.47 Å². The molecule has 0 bridgehead atoms. The monoisotopic (exact) mass is 321 g/mol. The van der Waals surface area contributed by atoms with Crippen molar-refractivity contribution < 1.29 is 19.2 Å². The molecule has 114 valence electrons. The highest BCUT2D eigenvalue weighted by Gasteiger charge is 2.16. The number of nitrogens with zero attached hydrogens (tertiary/aromatic N) is 1. The summed E-state index contributed by atoms with van der Waals surface area (Å²) in [6.07, 6.45) is 0. The van der Waals surface area contributed by atoms with Crippen molar-refractivity contribution in [1.82, 2.24) is 0 Å². The number of esters is 1. The van der Waals surface area contributed by atoms with Gasteiger partial charge in [0.1, 0.15) is 17.1 Å². The Bertz CT molecular complexity index is 700. The maximum Gasteiger partial charge on any atom is 0.347 e. The molecular formula is C15H12ClNO5. The molecule has 22 heavy (non-hydrogen) atoms. The van der Waals surface area contributed by atoms with E-state index in [0.29, 0.717) is 17.4 Å². The molecule has 0 saturated heterocycles. The number of hydrogen-bond donors (Lipinski definition) is 0. The Balaban J connectivity index is 2.21. The van der Waals surface area contributed by atoms with E-state index in [2.05, 4.69) is 0 Å². The predicted molar refractivity (Wildman–Crippen MR) is 80.7 cm³/mol. The van der Waals surface area contributed by atoms with E-state index in [1.54, 1.807) is 19.1 Å². The number of halogens is 1. The van der Waals surface area contributed by atoms with Gasteiger partial charge in [-0.2, -0.15) is 0 Å². The molecule has 0 aliphatic rings. The Labute approximate surface area is 131 Å². The molecule has 0 N–H and O–H groups in total. The number of hydrogen-bond acceptors (Lipinski definition) is 5. The standard InChI is InChI=1S/C15H12ClNO5/c1-2-21-14-8-3-10(16)9-13(14)15(18)22-12-6-4-11(5-7-12)17(19)20/h3-9H,2H2,1H3. The lowest BCUT2D eigenvalue weighted by atomic mass is 10.2. The summed E-state index contributed by atoms with van der Waals surface area (Å²) in [5.41, 5.74) is 0.102. The molecule has 0 saturated carbocycles. The first kappa shape index (κ1) is 15.8. The second-order valence-electron chi connectivity index (χ2n) is 4.21. The molecular weight excluding hydrogens is 310 g/mol. The molecule has 2 aromatic carbocycles. The van der Waals surface area contributed by atoms with Gasteiger partial charge in [0.2, 0.25) is 0 Å². The third-order valence-corrected chi connectivity index (χ3v) is 2.95. The lowest BCUT2D eigenvalue weighted by Crippen LogP contribution is -2.11. The molecule has 7 heteroatoms. The molecule has 6 nitrogen and oxygen atoms in total. The van der Waals surface area contributed by atoms with Crippen LogP contribution in [0.15, 0.2) is 42.5 Å². The van der Waals surface area contributed by atoms with Crippen molar-refractivity contribution in [2.45, 2.75) is 6.92 Å². The van der Waals surface area contributed by atoms with Gasteiger partial charge in [0.05, 0.1) is 11.5 Å². The van der Waals surface area contributed by atoms with Gasteiger partial charge >= 0.3 is 5.97 Å². The van der Waals surface area contributed by atoms with Crippen LogP contribution in [0.3, 0.4) is 0 Å². The van der Waals surface area contributed by atoms with Gasteiger partial charge in [-0.1, -0.05) is 11.6 Å². The molecule has 0 aromatic heterocycles. The van der Waals surface area contributed by atoms with Gasteiger partial charge in [0.15, 0.2) is 0 Å². The van der Waals surface area contributed by atoms with E-state index in [1.165, 1.54) is 30.3 Å². The van der Waals surface area contributed by atoms with Gasteiger partial charge in [0, 0.05) is 17.2 Å². The van der Waals surface area contributed by atoms with Crippen LogP contribution in [0.5, 0.6) is 11.5 Å². The molecule has 2 aromatic rings. The summed E-state index contributed by atoms with van der Waals surface area (Å²) in [7, 11) is 0. The van der Waals surface area contributed by atoms with Crippen LogP contribution in [-0.4, -0.2) is 17.5 Å². The second kappa shape index (κ2) is 6.91. The van der Waals surface area contributed by atoms with Crippen LogP contribution in [0.4, 0.5) is 5.69 Å². The molecule has 0 unspecified atom stereocenters. The molecule has 0 atom stereocenters. The number of rotatable bonds is 5. The summed E-state index contributed by atoms with van der Waals surface area (Å²) in [4.78, 5) is 22.2. The quantitative estimate of drug-likeness (QED) is 0.361. The lowest BCUT2D eigenvalue weighted by Gasteiger charge is -2.10. The van der Waals surface area contributed by atoms with E-state index < -0.39 is 10.9 Å². The number of carbonyl (C=O) groups is 1. The zero-order valence-electron chi connectivity index (χ0n) is 11.6. The average Bonchev–Trinajstić information content (AvgIpc) is 2.49. The first-order valence-electron chi connectivity index (χ1n) is 6.40. The van der Waals surface area contributed by atoms with Crippen LogP contribution in [0.2, 0.25) is 5.02 Å². The van der Waals surface area contributed by atoms with Crippen LogP contribution in [0, 0.1) is 10.1 Å². The normalized spacial score (nSPS) is 10.1. The Morgan fingerprint density at radius 2 is 1.91 bits per heavy atom. The predicted octanol–water partition coefficient (Wildman–Crippen LogP) is 3.87. The van der Waals surface area contributed by atoms with Crippen LogP contribution < -0.4 is 9.47 Å². The number of nitro groups is 1. The number of ether oxygens (including phenoxy) is 2. The van der Waals surface area contributed by atoms with E-state index in [9.17, 15) is 14.9 Å². The molecule has 0 aliphatic heterocycles. The van der Waals surface area contributed by atoms with Crippen LogP contribution in [0.1, 0.15) is 17.3 Å². The van der Waals surface area contributed by atoms with Crippen LogP contribution in [0.25, 0.3) is 0 Å². The van der Waals surface area contributed by atoms with Gasteiger partial charge in [-0.25, -0.2) is 4.79 Å². The Morgan fingerprint density at radius 3 is 2.50 bits per heavy atom. The van der Waals surface area contributed by atoms with Crippen molar-refractivity contribution >= 4 is 23.3 Å². The van der Waals surface area contributed by atoms with E-state index in [1.807, 2.05) is 0 Å². The smallest absolute Gasteiger partial charge is 0.347 e. The van der Waals surface area contributed by atoms with Gasteiger partial charge in [-0.05, 0) is 37.3 Å². The number of carbonyl (C=O) groups excluding carboxylic acids is 1. The molecule has 0 amide bonds. The maximum absolute atomic E-state index is 12.2. The summed E-state index contributed by atoms with van der Waals surface area (Å²) in [6, 6.07) is 9.84. The highest BCUT2D eigenvalue weighted by Crippen LogP contribution is 2.25. The Morgan fingerprint density at radius 1 is 1.23 bits per heavy atom. The van der Waals surface area contributed by atoms with E-state index in [0.717, 1.165) is 0 Å². The van der Waals surface area contributed by atoms with Crippen LogP contribution >= 0.6 is 11.6 Å². The van der Waals surface area contributed by atoms with Gasteiger partial charge in [-0.3, -0.25) is 10.1 Å². The summed E-state index contributed by atoms with van der Waals surface area (Å²) < 4.78 is 10.5. The molecule has 0 aliphatic carbocycles. The zero-order chi connectivity index (χ0) is 16.1. The minimum absolute atomic E-state index is 0.0856. The molecule has 2 rings (SSSR count). The fourth-order valence-corrected chi connectivity index (χ4v) is 1.91. The fourth-order valence-electron chi connectivity index (χ4n) is 1.74. The van der Waals surface area contributed by atoms with E-state index in [-0.39, 0.29) is 17.0 Å². The topological polar surface area (TPSA) is 78.7 Å². The zero-order valence-corrected chi connectivity index (χ0v) is 12.4. The second-order valence-corrected chi connectivity index (χ2v) is 4.65. The van der Waals surface area contributed by atoms with Crippen molar-refractivity contribution in [3.05, 3.63) is 63.2 Å².